The molecule has 0 saturated heterocycles. The summed E-state index contributed by atoms with van der Waals surface area (Å²) in [5, 5.41) is 9.30. The SMILES string of the molecule is CCn1ncc(CN(C)C(=O)c2nc(-c3cc(Cl)cc(NCCCN(C)C(=O)OC(C)(C)C)c3)nc3ccc(Cl)cc23)c1C. The molecular formula is C32H39Cl2N7O3. The van der Waals surface area contributed by atoms with Crippen LogP contribution in [0, 0.1) is 6.92 Å². The Morgan fingerprint density at radius 3 is 2.45 bits per heavy atom. The van der Waals surface area contributed by atoms with Crippen molar-refractivity contribution in [2.24, 2.45) is 0 Å². The van der Waals surface area contributed by atoms with E-state index in [2.05, 4.69) is 10.4 Å². The normalized spacial score (nSPS) is 11.5. The molecule has 234 valence electrons. The lowest BCUT2D eigenvalue weighted by Gasteiger charge is -2.24. The minimum Gasteiger partial charge on any atom is -0.444 e. The van der Waals surface area contributed by atoms with Gasteiger partial charge in [0.05, 0.1) is 11.7 Å². The van der Waals surface area contributed by atoms with E-state index >= 15 is 0 Å². The van der Waals surface area contributed by atoms with Crippen LogP contribution in [0.15, 0.2) is 42.6 Å². The largest absolute Gasteiger partial charge is 0.444 e. The number of hydrogen-bond donors (Lipinski definition) is 1. The van der Waals surface area contributed by atoms with Gasteiger partial charge in [0.1, 0.15) is 11.3 Å². The number of hydrogen-bond acceptors (Lipinski definition) is 7. The fourth-order valence-electron chi connectivity index (χ4n) is 4.66. The standard InChI is InChI=1S/C32H39Cl2N7O3/c1-8-41-20(2)22(18-36-41)19-40(7)30(42)28-26-17-23(33)10-11-27(26)37-29(38-28)21-14-24(34)16-25(15-21)35-12-9-13-39(6)31(43)44-32(3,4)5/h10-11,14-18,35H,8-9,12-13,19H2,1-7H3. The number of rotatable bonds is 10. The number of nitrogens with zero attached hydrogens (tertiary/aromatic N) is 6. The molecule has 4 aromatic rings. The van der Waals surface area contributed by atoms with Gasteiger partial charge < -0.3 is 19.9 Å². The van der Waals surface area contributed by atoms with Crippen LogP contribution in [0.25, 0.3) is 22.3 Å². The maximum atomic E-state index is 13.8. The second kappa shape index (κ2) is 13.8. The van der Waals surface area contributed by atoms with E-state index in [4.69, 9.17) is 37.9 Å². The molecule has 4 rings (SSSR count). The summed E-state index contributed by atoms with van der Waals surface area (Å²) >= 11 is 12.8. The molecule has 0 radical (unpaired) electrons. The van der Waals surface area contributed by atoms with Crippen molar-refractivity contribution < 1.29 is 14.3 Å². The first kappa shape index (κ1) is 33.0. The van der Waals surface area contributed by atoms with Crippen molar-refractivity contribution in [3.05, 3.63) is 69.6 Å². The number of carbonyl (C=O) groups excluding carboxylic acids is 2. The minimum absolute atomic E-state index is 0.246. The van der Waals surface area contributed by atoms with Gasteiger partial charge in [-0.15, -0.1) is 0 Å². The Morgan fingerprint density at radius 2 is 1.77 bits per heavy atom. The van der Waals surface area contributed by atoms with Crippen molar-refractivity contribution in [1.82, 2.24) is 29.5 Å². The van der Waals surface area contributed by atoms with Gasteiger partial charge in [-0.2, -0.15) is 5.10 Å². The highest BCUT2D eigenvalue weighted by Gasteiger charge is 2.22. The van der Waals surface area contributed by atoms with Gasteiger partial charge >= 0.3 is 6.09 Å². The third-order valence-corrected chi connectivity index (χ3v) is 7.43. The molecule has 0 spiro atoms. The van der Waals surface area contributed by atoms with Gasteiger partial charge in [0.25, 0.3) is 5.91 Å². The molecular weight excluding hydrogens is 601 g/mol. The lowest BCUT2D eigenvalue weighted by atomic mass is 10.1. The predicted molar refractivity (Wildman–Crippen MR) is 175 cm³/mol. The summed E-state index contributed by atoms with van der Waals surface area (Å²) in [4.78, 5) is 38.7. The Hall–Kier alpha value is -3.89. The van der Waals surface area contributed by atoms with E-state index in [-0.39, 0.29) is 17.7 Å². The van der Waals surface area contributed by atoms with Crippen LogP contribution >= 0.6 is 23.2 Å². The summed E-state index contributed by atoms with van der Waals surface area (Å²) in [7, 11) is 3.45. The van der Waals surface area contributed by atoms with E-state index in [0.717, 1.165) is 23.5 Å². The van der Waals surface area contributed by atoms with Crippen molar-refractivity contribution >= 4 is 51.8 Å². The van der Waals surface area contributed by atoms with Crippen LogP contribution in [0.2, 0.25) is 10.0 Å². The van der Waals surface area contributed by atoms with Crippen molar-refractivity contribution in [3.63, 3.8) is 0 Å². The zero-order valence-corrected chi connectivity index (χ0v) is 27.8. The third kappa shape index (κ3) is 8.18. The zero-order chi connectivity index (χ0) is 32.2. The molecule has 0 fully saturated rings. The van der Waals surface area contributed by atoms with Crippen LogP contribution in [0.1, 0.15) is 55.9 Å². The number of nitrogens with one attached hydrogen (secondary N) is 1. The molecule has 2 amide bonds. The monoisotopic (exact) mass is 639 g/mol. The third-order valence-electron chi connectivity index (χ3n) is 6.98. The molecule has 1 N–H and O–H groups in total. The number of fused-ring (bicyclic) bond motifs is 1. The van der Waals surface area contributed by atoms with Crippen molar-refractivity contribution in [2.45, 2.75) is 59.7 Å². The first-order valence-electron chi connectivity index (χ1n) is 14.5. The van der Waals surface area contributed by atoms with E-state index in [1.165, 1.54) is 0 Å². The van der Waals surface area contributed by atoms with Gasteiger partial charge in [0, 0.05) is 78.2 Å². The smallest absolute Gasteiger partial charge is 0.410 e. The number of amides is 2. The quantitative estimate of drug-likeness (QED) is 0.185. The number of carbonyl (C=O) groups is 2. The Labute approximate surface area is 268 Å². The fourth-order valence-corrected chi connectivity index (χ4v) is 5.07. The molecule has 2 aromatic carbocycles. The summed E-state index contributed by atoms with van der Waals surface area (Å²) in [6.45, 7) is 11.8. The lowest BCUT2D eigenvalue weighted by Crippen LogP contribution is -2.35. The maximum absolute atomic E-state index is 13.8. The van der Waals surface area contributed by atoms with Gasteiger partial charge in [-0.3, -0.25) is 9.48 Å². The van der Waals surface area contributed by atoms with E-state index in [1.54, 1.807) is 54.4 Å². The zero-order valence-electron chi connectivity index (χ0n) is 26.2. The Balaban J connectivity index is 1.56. The van der Waals surface area contributed by atoms with Crippen molar-refractivity contribution in [3.8, 4) is 11.4 Å². The number of anilines is 1. The Kier molecular flexibility index (Phi) is 10.4. The van der Waals surface area contributed by atoms with E-state index in [9.17, 15) is 9.59 Å². The van der Waals surface area contributed by atoms with Crippen LogP contribution in [-0.4, -0.2) is 74.3 Å². The van der Waals surface area contributed by atoms with Crippen molar-refractivity contribution in [2.75, 3.05) is 32.5 Å². The second-order valence-corrected chi connectivity index (χ2v) is 12.6. The molecule has 0 unspecified atom stereocenters. The van der Waals surface area contributed by atoms with Gasteiger partial charge in [0.15, 0.2) is 5.82 Å². The molecule has 10 nitrogen and oxygen atoms in total. The summed E-state index contributed by atoms with van der Waals surface area (Å²) in [5.41, 5.74) is 3.68. The molecule has 2 aromatic heterocycles. The molecule has 0 aliphatic rings. The van der Waals surface area contributed by atoms with Gasteiger partial charge in [0.2, 0.25) is 0 Å². The highest BCUT2D eigenvalue weighted by Crippen LogP contribution is 2.29. The lowest BCUT2D eigenvalue weighted by molar-refractivity contribution is 0.0298. The highest BCUT2D eigenvalue weighted by molar-refractivity contribution is 6.31. The fraction of sp³-hybridized carbons (Fsp3) is 0.406. The van der Waals surface area contributed by atoms with Gasteiger partial charge in [-0.05, 0) is 77.4 Å². The molecule has 44 heavy (non-hydrogen) atoms. The molecule has 0 aliphatic heterocycles. The number of benzene rings is 2. The summed E-state index contributed by atoms with van der Waals surface area (Å²) in [6.07, 6.45) is 2.12. The maximum Gasteiger partial charge on any atom is 0.410 e. The van der Waals surface area contributed by atoms with Crippen LogP contribution in [-0.2, 0) is 17.8 Å². The molecule has 0 bridgehead atoms. The van der Waals surface area contributed by atoms with Crippen LogP contribution in [0.3, 0.4) is 0 Å². The summed E-state index contributed by atoms with van der Waals surface area (Å²) < 4.78 is 7.31. The summed E-state index contributed by atoms with van der Waals surface area (Å²) in [5.74, 6) is 0.0980. The molecule has 2 heterocycles. The Morgan fingerprint density at radius 1 is 1.02 bits per heavy atom. The number of ether oxygens (including phenoxy) is 1. The van der Waals surface area contributed by atoms with Gasteiger partial charge in [-0.1, -0.05) is 23.2 Å². The van der Waals surface area contributed by atoms with Crippen molar-refractivity contribution in [1.29, 1.82) is 0 Å². The van der Waals surface area contributed by atoms with Crippen LogP contribution < -0.4 is 5.32 Å². The van der Waals surface area contributed by atoms with Gasteiger partial charge in [-0.25, -0.2) is 14.8 Å². The predicted octanol–water partition coefficient (Wildman–Crippen LogP) is 7.07. The number of aryl methyl sites for hydroxylation is 1. The van der Waals surface area contributed by atoms with Crippen LogP contribution in [0.5, 0.6) is 0 Å². The topological polar surface area (TPSA) is 105 Å². The average Bonchev–Trinajstić information content (AvgIpc) is 3.31. The highest BCUT2D eigenvalue weighted by atomic mass is 35.5. The van der Waals surface area contributed by atoms with Crippen LogP contribution in [0.4, 0.5) is 10.5 Å². The van der Waals surface area contributed by atoms with E-state index in [1.807, 2.05) is 51.4 Å². The molecule has 0 atom stereocenters. The van der Waals surface area contributed by atoms with E-state index in [0.29, 0.717) is 58.4 Å². The first-order chi connectivity index (χ1) is 20.8. The number of aromatic nitrogens is 4. The Bertz CT molecular complexity index is 1670. The average molecular weight is 641 g/mol. The molecule has 0 aliphatic carbocycles. The number of halogens is 2. The molecule has 12 heteroatoms. The summed E-state index contributed by atoms with van der Waals surface area (Å²) in [6, 6.07) is 10.7. The first-order valence-corrected chi connectivity index (χ1v) is 15.2. The molecule has 0 saturated carbocycles. The van der Waals surface area contributed by atoms with E-state index < -0.39 is 5.60 Å². The second-order valence-electron chi connectivity index (χ2n) is 11.7. The minimum atomic E-state index is -0.546.